The van der Waals surface area contributed by atoms with E-state index in [9.17, 15) is 4.79 Å². The third-order valence-corrected chi connectivity index (χ3v) is 4.02. The molecule has 6 heteroatoms. The van der Waals surface area contributed by atoms with Gasteiger partial charge in [0.25, 0.3) is 0 Å². The number of benzene rings is 2. The summed E-state index contributed by atoms with van der Waals surface area (Å²) in [6.07, 6.45) is 0.734. The van der Waals surface area contributed by atoms with Crippen molar-refractivity contribution in [2.45, 2.75) is 19.4 Å². The van der Waals surface area contributed by atoms with E-state index in [0.29, 0.717) is 31.2 Å². The Balaban J connectivity index is 1.56. The largest absolute Gasteiger partial charge is 0.497 e. The summed E-state index contributed by atoms with van der Waals surface area (Å²) >= 11 is 0. The maximum Gasteiger partial charge on any atom is 0.247 e. The van der Waals surface area contributed by atoms with Gasteiger partial charge in [-0.3, -0.25) is 4.79 Å². The number of methoxy groups -OCH3 is 1. The third-order valence-electron chi connectivity index (χ3n) is 4.02. The molecule has 0 spiro atoms. The average Bonchev–Trinajstić information content (AvgIpc) is 3.16. The zero-order valence-corrected chi connectivity index (χ0v) is 14.9. The number of hydrogen-bond donors (Lipinski definition) is 0. The summed E-state index contributed by atoms with van der Waals surface area (Å²) in [7, 11) is 3.40. The monoisotopic (exact) mass is 351 g/mol. The van der Waals surface area contributed by atoms with Crippen LogP contribution < -0.4 is 4.74 Å². The molecule has 1 heterocycles. The van der Waals surface area contributed by atoms with Gasteiger partial charge in [-0.1, -0.05) is 36.4 Å². The number of ether oxygens (including phenoxy) is 1. The Morgan fingerprint density at radius 3 is 2.69 bits per heavy atom. The first-order valence-corrected chi connectivity index (χ1v) is 8.40. The lowest BCUT2D eigenvalue weighted by Gasteiger charge is -2.16. The van der Waals surface area contributed by atoms with Gasteiger partial charge in [-0.15, -0.1) is 10.2 Å². The zero-order chi connectivity index (χ0) is 18.4. The molecule has 6 nitrogen and oxygen atoms in total. The van der Waals surface area contributed by atoms with Crippen LogP contribution in [0.5, 0.6) is 5.75 Å². The van der Waals surface area contributed by atoms with Crippen LogP contribution in [0.4, 0.5) is 0 Å². The molecule has 0 atom stereocenters. The summed E-state index contributed by atoms with van der Waals surface area (Å²) in [4.78, 5) is 14.0. The summed E-state index contributed by atoms with van der Waals surface area (Å²) in [6, 6.07) is 17.3. The molecule has 0 aliphatic rings. The number of amides is 1. The Hall–Kier alpha value is -3.15. The molecule has 0 bridgehead atoms. The molecule has 0 saturated heterocycles. The molecule has 0 fully saturated rings. The Bertz CT molecular complexity index is 862. The van der Waals surface area contributed by atoms with Crippen molar-refractivity contribution >= 4 is 5.91 Å². The maximum absolute atomic E-state index is 12.3. The van der Waals surface area contributed by atoms with Crippen LogP contribution in [0.1, 0.15) is 17.9 Å². The quantitative estimate of drug-likeness (QED) is 0.653. The summed E-state index contributed by atoms with van der Waals surface area (Å²) in [5.74, 6) is 1.63. The number of carbonyl (C=O) groups is 1. The highest BCUT2D eigenvalue weighted by atomic mass is 16.5. The van der Waals surface area contributed by atoms with Crippen LogP contribution in [-0.2, 0) is 17.8 Å². The van der Waals surface area contributed by atoms with Crippen LogP contribution >= 0.6 is 0 Å². The van der Waals surface area contributed by atoms with Crippen molar-refractivity contribution in [2.75, 3.05) is 14.2 Å². The Kier molecular flexibility index (Phi) is 5.63. The van der Waals surface area contributed by atoms with Crippen LogP contribution in [0.15, 0.2) is 59.0 Å². The Morgan fingerprint density at radius 1 is 1.12 bits per heavy atom. The van der Waals surface area contributed by atoms with Gasteiger partial charge in [-0.25, -0.2) is 0 Å². The molecule has 0 saturated carbocycles. The molecule has 0 unspecified atom stereocenters. The maximum atomic E-state index is 12.3. The van der Waals surface area contributed by atoms with Crippen molar-refractivity contribution < 1.29 is 13.9 Å². The predicted molar refractivity (Wildman–Crippen MR) is 97.5 cm³/mol. The summed E-state index contributed by atoms with van der Waals surface area (Å²) in [6.45, 7) is 0.582. The van der Waals surface area contributed by atoms with Gasteiger partial charge in [0.1, 0.15) is 5.75 Å². The molecule has 1 amide bonds. The lowest BCUT2D eigenvalue weighted by atomic mass is 10.2. The third kappa shape index (κ3) is 4.47. The summed E-state index contributed by atoms with van der Waals surface area (Å²) < 4.78 is 10.9. The van der Waals surface area contributed by atoms with Crippen molar-refractivity contribution in [1.29, 1.82) is 0 Å². The highest BCUT2D eigenvalue weighted by molar-refractivity contribution is 5.76. The fraction of sp³-hybridized carbons (Fsp3) is 0.250. The van der Waals surface area contributed by atoms with Crippen LogP contribution in [0, 0.1) is 0 Å². The van der Waals surface area contributed by atoms with Crippen molar-refractivity contribution in [3.8, 4) is 17.2 Å². The minimum Gasteiger partial charge on any atom is -0.497 e. The first kappa shape index (κ1) is 17.7. The van der Waals surface area contributed by atoms with Crippen LogP contribution in [0.3, 0.4) is 0 Å². The highest BCUT2D eigenvalue weighted by Crippen LogP contribution is 2.22. The highest BCUT2D eigenvalue weighted by Gasteiger charge is 2.13. The fourth-order valence-corrected chi connectivity index (χ4v) is 2.58. The first-order valence-electron chi connectivity index (χ1n) is 8.40. The van der Waals surface area contributed by atoms with E-state index in [2.05, 4.69) is 10.2 Å². The number of aryl methyl sites for hydroxylation is 1. The summed E-state index contributed by atoms with van der Waals surface area (Å²) in [5, 5.41) is 8.09. The second-order valence-electron chi connectivity index (χ2n) is 5.97. The second-order valence-corrected chi connectivity index (χ2v) is 5.97. The lowest BCUT2D eigenvalue weighted by Crippen LogP contribution is -2.26. The minimum atomic E-state index is 0.0370. The van der Waals surface area contributed by atoms with Gasteiger partial charge in [-0.2, -0.15) is 0 Å². The first-order chi connectivity index (χ1) is 12.7. The molecule has 0 aliphatic carbocycles. The number of nitrogens with zero attached hydrogens (tertiary/aromatic N) is 3. The average molecular weight is 351 g/mol. The minimum absolute atomic E-state index is 0.0370. The van der Waals surface area contributed by atoms with E-state index in [0.717, 1.165) is 16.9 Å². The van der Waals surface area contributed by atoms with Crippen LogP contribution in [-0.4, -0.2) is 35.2 Å². The van der Waals surface area contributed by atoms with Gasteiger partial charge in [0.2, 0.25) is 17.7 Å². The van der Waals surface area contributed by atoms with Gasteiger partial charge >= 0.3 is 0 Å². The fourth-order valence-electron chi connectivity index (χ4n) is 2.58. The molecule has 0 radical (unpaired) electrons. The van der Waals surface area contributed by atoms with Gasteiger partial charge in [0, 0.05) is 32.0 Å². The topological polar surface area (TPSA) is 68.5 Å². The molecular formula is C20H21N3O3. The standard InChI is InChI=1S/C20H21N3O3/c1-23(14-15-7-4-3-5-8-15)19(24)12-11-18-21-22-20(26-18)16-9-6-10-17(13-16)25-2/h3-10,13H,11-12,14H2,1-2H3. The van der Waals surface area contributed by atoms with Crippen molar-refractivity contribution in [1.82, 2.24) is 15.1 Å². The van der Waals surface area contributed by atoms with Crippen molar-refractivity contribution in [3.63, 3.8) is 0 Å². The Labute approximate surface area is 152 Å². The lowest BCUT2D eigenvalue weighted by molar-refractivity contribution is -0.130. The normalized spacial score (nSPS) is 10.5. The van der Waals surface area contributed by atoms with E-state index in [1.165, 1.54) is 0 Å². The van der Waals surface area contributed by atoms with E-state index in [4.69, 9.17) is 9.15 Å². The number of carbonyl (C=O) groups excluding carboxylic acids is 1. The molecule has 0 aliphatic heterocycles. The van der Waals surface area contributed by atoms with E-state index in [1.807, 2.05) is 54.6 Å². The zero-order valence-electron chi connectivity index (χ0n) is 14.9. The molecule has 3 rings (SSSR count). The molecule has 2 aromatic carbocycles. The van der Waals surface area contributed by atoms with E-state index in [-0.39, 0.29) is 5.91 Å². The molecule has 3 aromatic rings. The van der Waals surface area contributed by atoms with Gasteiger partial charge in [0.05, 0.1) is 7.11 Å². The smallest absolute Gasteiger partial charge is 0.247 e. The van der Waals surface area contributed by atoms with Gasteiger partial charge in [-0.05, 0) is 23.8 Å². The molecule has 0 N–H and O–H groups in total. The van der Waals surface area contributed by atoms with Crippen LogP contribution in [0.2, 0.25) is 0 Å². The molecule has 26 heavy (non-hydrogen) atoms. The van der Waals surface area contributed by atoms with E-state index in [1.54, 1.807) is 19.1 Å². The van der Waals surface area contributed by atoms with Crippen LogP contribution in [0.25, 0.3) is 11.5 Å². The van der Waals surface area contributed by atoms with E-state index >= 15 is 0 Å². The van der Waals surface area contributed by atoms with Crippen molar-refractivity contribution in [3.05, 3.63) is 66.1 Å². The molecule has 1 aromatic heterocycles. The number of aromatic nitrogens is 2. The SMILES string of the molecule is COc1cccc(-c2nnc(CCC(=O)N(C)Cc3ccccc3)o2)c1. The molecular weight excluding hydrogens is 330 g/mol. The van der Waals surface area contributed by atoms with Crippen molar-refractivity contribution in [2.24, 2.45) is 0 Å². The van der Waals surface area contributed by atoms with Gasteiger partial charge in [0.15, 0.2) is 0 Å². The van der Waals surface area contributed by atoms with Gasteiger partial charge < -0.3 is 14.1 Å². The number of hydrogen-bond acceptors (Lipinski definition) is 5. The summed E-state index contributed by atoms with van der Waals surface area (Å²) in [5.41, 5.74) is 1.89. The molecule has 134 valence electrons. The number of rotatable bonds is 7. The second kappa shape index (κ2) is 8.29. The van der Waals surface area contributed by atoms with E-state index < -0.39 is 0 Å². The Morgan fingerprint density at radius 2 is 1.92 bits per heavy atom. The predicted octanol–water partition coefficient (Wildman–Crippen LogP) is 3.34.